The first-order chi connectivity index (χ1) is 21.5. The minimum atomic E-state index is -2.23. The number of fused-ring (bicyclic) bond motifs is 1. The SMILES string of the molecule is Cc1c(-c2cc(Sc3ncccc3F)c3c(C#N)cnn3c2)cnn1C1CCN(C(=O)OC(C)(C)C)CC1O[Si](C)(C)C(C)(C)C. The number of likely N-dealkylation sites (tertiary alicyclic amines) is 1. The molecule has 0 radical (unpaired) electrons. The molecule has 4 aromatic heterocycles. The fraction of sp³-hybridized carbons (Fsp3) is 0.485. The standard InChI is InChI=1S/C33H42FN7O3SSi/c1-21-24(22-15-28(45-30-25(34)11-10-13-36-30)29-23(16-35)17-37-40(29)19-22)18-38-41(21)26-12-14-39(31(42)43-32(2,3)4)20-27(26)44-46(8,9)33(5,6)7/h10-11,13,15,17-19,26-27H,12,14,20H2,1-9H3. The van der Waals surface area contributed by atoms with E-state index in [1.807, 2.05) is 50.8 Å². The Labute approximate surface area is 275 Å². The molecule has 13 heteroatoms. The van der Waals surface area contributed by atoms with Crippen molar-refractivity contribution in [2.75, 3.05) is 13.1 Å². The van der Waals surface area contributed by atoms with Gasteiger partial charge in [0.05, 0.1) is 42.2 Å². The lowest BCUT2D eigenvalue weighted by Crippen LogP contribution is -2.54. The normalized spacial score (nSPS) is 17.7. The minimum Gasteiger partial charge on any atom is -0.444 e. The molecule has 0 aliphatic carbocycles. The summed E-state index contributed by atoms with van der Waals surface area (Å²) in [6.07, 6.45) is 6.74. The molecule has 0 spiro atoms. The summed E-state index contributed by atoms with van der Waals surface area (Å²) >= 11 is 1.15. The van der Waals surface area contributed by atoms with E-state index in [4.69, 9.17) is 14.3 Å². The second-order valence-electron chi connectivity index (χ2n) is 14.2. The van der Waals surface area contributed by atoms with Crippen molar-refractivity contribution >= 4 is 31.7 Å². The van der Waals surface area contributed by atoms with Gasteiger partial charge in [0.15, 0.2) is 14.1 Å². The number of carbonyl (C=O) groups excluding carboxylic acids is 1. The third kappa shape index (κ3) is 6.84. The Morgan fingerprint density at radius 1 is 1.17 bits per heavy atom. The molecule has 1 amide bonds. The number of hydrogen-bond donors (Lipinski definition) is 0. The minimum absolute atomic E-state index is 0.0291. The number of piperidine rings is 1. The summed E-state index contributed by atoms with van der Waals surface area (Å²) < 4.78 is 31.0. The van der Waals surface area contributed by atoms with Crippen LogP contribution >= 0.6 is 11.8 Å². The van der Waals surface area contributed by atoms with Crippen LogP contribution < -0.4 is 0 Å². The number of carbonyl (C=O) groups is 1. The van der Waals surface area contributed by atoms with E-state index in [2.05, 4.69) is 50.0 Å². The van der Waals surface area contributed by atoms with Crippen molar-refractivity contribution in [2.45, 2.75) is 101 Å². The van der Waals surface area contributed by atoms with Crippen molar-refractivity contribution in [3.63, 3.8) is 0 Å². The number of aromatic nitrogens is 5. The van der Waals surface area contributed by atoms with E-state index in [9.17, 15) is 14.4 Å². The topological polar surface area (TPSA) is 111 Å². The Balaban J connectivity index is 1.53. The highest BCUT2D eigenvalue weighted by atomic mass is 32.2. The summed E-state index contributed by atoms with van der Waals surface area (Å²) in [7, 11) is -2.23. The molecule has 10 nitrogen and oxygen atoms in total. The number of ether oxygens (including phenoxy) is 1. The molecule has 46 heavy (non-hydrogen) atoms. The fourth-order valence-electron chi connectivity index (χ4n) is 5.33. The predicted octanol–water partition coefficient (Wildman–Crippen LogP) is 7.64. The second kappa shape index (κ2) is 12.5. The number of nitrogens with zero attached hydrogens (tertiary/aromatic N) is 7. The highest BCUT2D eigenvalue weighted by molar-refractivity contribution is 7.99. The first-order valence-corrected chi connectivity index (χ1v) is 19.1. The number of amides is 1. The summed E-state index contributed by atoms with van der Waals surface area (Å²) in [6.45, 7) is 19.6. The van der Waals surface area contributed by atoms with Crippen LogP contribution in [0.1, 0.15) is 65.3 Å². The third-order valence-electron chi connectivity index (χ3n) is 8.73. The van der Waals surface area contributed by atoms with Crippen LogP contribution in [0.15, 0.2) is 52.9 Å². The molecule has 0 N–H and O–H groups in total. The van der Waals surface area contributed by atoms with Crippen LogP contribution in [0.2, 0.25) is 18.1 Å². The van der Waals surface area contributed by atoms with Crippen LogP contribution in [-0.2, 0) is 9.16 Å². The average molecular weight is 664 g/mol. The van der Waals surface area contributed by atoms with Crippen molar-refractivity contribution in [3.8, 4) is 17.2 Å². The molecule has 0 saturated carbocycles. The van der Waals surface area contributed by atoms with Crippen molar-refractivity contribution in [1.82, 2.24) is 29.3 Å². The number of hydrogen-bond acceptors (Lipinski definition) is 8. The smallest absolute Gasteiger partial charge is 0.410 e. The molecule has 1 aliphatic rings. The Bertz CT molecular complexity index is 1800. The molecule has 2 unspecified atom stereocenters. The largest absolute Gasteiger partial charge is 0.444 e. The Hall–Kier alpha value is -3.73. The monoisotopic (exact) mass is 663 g/mol. The summed E-state index contributed by atoms with van der Waals surface area (Å²) in [5.41, 5.74) is 2.99. The Morgan fingerprint density at radius 2 is 1.91 bits per heavy atom. The summed E-state index contributed by atoms with van der Waals surface area (Å²) in [5, 5.41) is 19.2. The quantitative estimate of drug-likeness (QED) is 0.194. The zero-order valence-corrected chi connectivity index (χ0v) is 29.8. The zero-order valence-electron chi connectivity index (χ0n) is 28.0. The third-order valence-corrected chi connectivity index (χ3v) is 14.3. The van der Waals surface area contributed by atoms with Crippen molar-refractivity contribution in [1.29, 1.82) is 5.26 Å². The highest BCUT2D eigenvalue weighted by Gasteiger charge is 2.44. The first kappa shape index (κ1) is 33.6. The van der Waals surface area contributed by atoms with E-state index < -0.39 is 19.7 Å². The van der Waals surface area contributed by atoms with Gasteiger partial charge in [-0.1, -0.05) is 32.5 Å². The molecule has 4 aromatic rings. The lowest BCUT2D eigenvalue weighted by Gasteiger charge is -2.45. The molecule has 0 bridgehead atoms. The van der Waals surface area contributed by atoms with Gasteiger partial charge in [-0.15, -0.1) is 0 Å². The summed E-state index contributed by atoms with van der Waals surface area (Å²) in [6, 6.07) is 6.92. The van der Waals surface area contributed by atoms with Gasteiger partial charge in [0.25, 0.3) is 0 Å². The van der Waals surface area contributed by atoms with Crippen LogP contribution in [-0.4, -0.2) is 68.5 Å². The maximum absolute atomic E-state index is 14.6. The second-order valence-corrected chi connectivity index (χ2v) is 20.0. The fourth-order valence-corrected chi connectivity index (χ4v) is 7.65. The maximum Gasteiger partial charge on any atom is 0.410 e. The van der Waals surface area contributed by atoms with Crippen molar-refractivity contribution < 1.29 is 18.3 Å². The van der Waals surface area contributed by atoms with E-state index in [1.165, 1.54) is 12.3 Å². The first-order valence-electron chi connectivity index (χ1n) is 15.4. The zero-order chi connectivity index (χ0) is 33.6. The van der Waals surface area contributed by atoms with Crippen LogP contribution in [0.25, 0.3) is 16.6 Å². The van der Waals surface area contributed by atoms with E-state index in [1.54, 1.807) is 21.7 Å². The van der Waals surface area contributed by atoms with Crippen LogP contribution in [0.4, 0.5) is 9.18 Å². The lowest BCUT2D eigenvalue weighted by molar-refractivity contribution is -0.00849. The van der Waals surface area contributed by atoms with E-state index in [0.29, 0.717) is 35.5 Å². The molecule has 244 valence electrons. The number of nitriles is 1. The lowest BCUT2D eigenvalue weighted by atomic mass is 10.0. The van der Waals surface area contributed by atoms with E-state index >= 15 is 0 Å². The molecule has 0 aromatic carbocycles. The van der Waals surface area contributed by atoms with Gasteiger partial charge in [-0.3, -0.25) is 4.68 Å². The molecule has 5 heterocycles. The van der Waals surface area contributed by atoms with Gasteiger partial charge in [0.1, 0.15) is 16.7 Å². The Kier molecular flexibility index (Phi) is 9.11. The van der Waals surface area contributed by atoms with Gasteiger partial charge >= 0.3 is 6.09 Å². The van der Waals surface area contributed by atoms with Gasteiger partial charge < -0.3 is 14.1 Å². The molecule has 1 fully saturated rings. The van der Waals surface area contributed by atoms with Gasteiger partial charge in [0.2, 0.25) is 0 Å². The van der Waals surface area contributed by atoms with Gasteiger partial charge in [-0.2, -0.15) is 15.5 Å². The van der Waals surface area contributed by atoms with Crippen LogP contribution in [0, 0.1) is 24.1 Å². The molecular formula is C33H42FN7O3SSi. The Morgan fingerprint density at radius 3 is 2.57 bits per heavy atom. The van der Waals surface area contributed by atoms with Crippen molar-refractivity contribution in [2.24, 2.45) is 0 Å². The van der Waals surface area contributed by atoms with Crippen LogP contribution in [0.5, 0.6) is 0 Å². The average Bonchev–Trinajstić information content (AvgIpc) is 3.55. The molecule has 1 aliphatic heterocycles. The summed E-state index contributed by atoms with van der Waals surface area (Å²) in [5.74, 6) is -0.441. The van der Waals surface area contributed by atoms with Crippen molar-refractivity contribution in [3.05, 3.63) is 60.1 Å². The van der Waals surface area contributed by atoms with Gasteiger partial charge in [-0.05, 0) is 70.4 Å². The van der Waals surface area contributed by atoms with E-state index in [0.717, 1.165) is 28.6 Å². The summed E-state index contributed by atoms with van der Waals surface area (Å²) in [4.78, 5) is 19.7. The predicted molar refractivity (Wildman–Crippen MR) is 178 cm³/mol. The maximum atomic E-state index is 14.6. The highest BCUT2D eigenvalue weighted by Crippen LogP contribution is 2.41. The number of rotatable bonds is 6. The van der Waals surface area contributed by atoms with Crippen LogP contribution in [0.3, 0.4) is 0 Å². The number of pyridine rings is 2. The molecular weight excluding hydrogens is 622 g/mol. The number of halogens is 1. The molecule has 5 rings (SSSR count). The van der Waals surface area contributed by atoms with Gasteiger partial charge in [-0.25, -0.2) is 18.7 Å². The molecule has 2 atom stereocenters. The van der Waals surface area contributed by atoms with Gasteiger partial charge in [0, 0.05) is 40.7 Å². The van der Waals surface area contributed by atoms with E-state index in [-0.39, 0.29) is 28.3 Å². The molecule has 1 saturated heterocycles.